The van der Waals surface area contributed by atoms with Crippen LogP contribution in [-0.4, -0.2) is 16.0 Å². The Bertz CT molecular complexity index is 590. The number of hydrogen-bond donors (Lipinski definition) is 1. The zero-order chi connectivity index (χ0) is 13.4. The number of nitrogens with zero attached hydrogens (tertiary/aromatic N) is 2. The van der Waals surface area contributed by atoms with Crippen LogP contribution in [0.3, 0.4) is 0 Å². The number of rotatable bonds is 2. The molecule has 1 N–H and O–H groups in total. The second-order valence-corrected chi connectivity index (χ2v) is 6.90. The van der Waals surface area contributed by atoms with Crippen molar-refractivity contribution < 1.29 is 0 Å². The standard InChI is InChI=1S/C15H21N3S/c1-9-6-4-5-7-12(9)18-14-13-10(2)11(3)19-15(13)17-8-16-14/h8-9,12H,4-7H2,1-3H3,(H,16,17,18)/t9-,12+/m0/s1. The van der Waals surface area contributed by atoms with Crippen LogP contribution in [0.2, 0.25) is 0 Å². The van der Waals surface area contributed by atoms with Crippen molar-refractivity contribution in [3.63, 3.8) is 0 Å². The highest BCUT2D eigenvalue weighted by Crippen LogP contribution is 2.34. The molecule has 3 rings (SSSR count). The molecular weight excluding hydrogens is 254 g/mol. The summed E-state index contributed by atoms with van der Waals surface area (Å²) in [5.74, 6) is 1.77. The molecule has 4 heteroatoms. The summed E-state index contributed by atoms with van der Waals surface area (Å²) in [6, 6.07) is 0.562. The van der Waals surface area contributed by atoms with E-state index in [0.29, 0.717) is 6.04 Å². The predicted molar refractivity (Wildman–Crippen MR) is 81.9 cm³/mol. The molecule has 0 bridgehead atoms. The predicted octanol–water partition coefficient (Wildman–Crippen LogP) is 4.30. The fourth-order valence-corrected chi connectivity index (χ4v) is 3.99. The molecule has 1 aliphatic rings. The summed E-state index contributed by atoms with van der Waals surface area (Å²) in [7, 11) is 0. The van der Waals surface area contributed by atoms with Gasteiger partial charge in [0.25, 0.3) is 0 Å². The summed E-state index contributed by atoms with van der Waals surface area (Å²) >= 11 is 1.76. The summed E-state index contributed by atoms with van der Waals surface area (Å²) in [4.78, 5) is 11.3. The minimum absolute atomic E-state index is 0.562. The van der Waals surface area contributed by atoms with Gasteiger partial charge in [-0.3, -0.25) is 0 Å². The second kappa shape index (κ2) is 5.08. The van der Waals surface area contributed by atoms with Crippen molar-refractivity contribution in [2.24, 2.45) is 5.92 Å². The van der Waals surface area contributed by atoms with Gasteiger partial charge in [-0.05, 0) is 38.2 Å². The van der Waals surface area contributed by atoms with Gasteiger partial charge in [-0.15, -0.1) is 11.3 Å². The molecule has 0 amide bonds. The molecule has 2 aromatic rings. The molecule has 19 heavy (non-hydrogen) atoms. The van der Waals surface area contributed by atoms with Crippen LogP contribution in [0.4, 0.5) is 5.82 Å². The van der Waals surface area contributed by atoms with Crippen LogP contribution in [0.15, 0.2) is 6.33 Å². The van der Waals surface area contributed by atoms with Crippen LogP contribution in [0, 0.1) is 19.8 Å². The highest BCUT2D eigenvalue weighted by Gasteiger charge is 2.22. The summed E-state index contributed by atoms with van der Waals surface area (Å²) < 4.78 is 0. The van der Waals surface area contributed by atoms with Crippen molar-refractivity contribution >= 4 is 27.4 Å². The number of aromatic nitrogens is 2. The summed E-state index contributed by atoms with van der Waals surface area (Å²) in [5, 5.41) is 4.91. The van der Waals surface area contributed by atoms with Crippen molar-refractivity contribution in [3.8, 4) is 0 Å². The first kappa shape index (κ1) is 12.9. The number of nitrogens with one attached hydrogen (secondary N) is 1. The van der Waals surface area contributed by atoms with E-state index in [9.17, 15) is 0 Å². The van der Waals surface area contributed by atoms with Crippen molar-refractivity contribution in [2.75, 3.05) is 5.32 Å². The normalized spacial score (nSPS) is 23.7. The number of fused-ring (bicyclic) bond motifs is 1. The van der Waals surface area contributed by atoms with Crippen molar-refractivity contribution in [1.29, 1.82) is 0 Å². The van der Waals surface area contributed by atoms with E-state index < -0.39 is 0 Å². The third-order valence-corrected chi connectivity index (χ3v) is 5.51. The zero-order valence-corrected chi connectivity index (χ0v) is 12.7. The molecule has 2 heterocycles. The first-order valence-electron chi connectivity index (χ1n) is 7.14. The van der Waals surface area contributed by atoms with Gasteiger partial charge >= 0.3 is 0 Å². The Labute approximate surface area is 118 Å². The molecule has 2 atom stereocenters. The molecule has 0 aliphatic heterocycles. The highest BCUT2D eigenvalue weighted by molar-refractivity contribution is 7.18. The number of anilines is 1. The molecule has 0 aromatic carbocycles. The van der Waals surface area contributed by atoms with Crippen molar-refractivity contribution in [1.82, 2.24) is 9.97 Å². The third kappa shape index (κ3) is 2.34. The van der Waals surface area contributed by atoms with E-state index >= 15 is 0 Å². The lowest BCUT2D eigenvalue weighted by molar-refractivity contribution is 0.349. The zero-order valence-electron chi connectivity index (χ0n) is 11.9. The first-order chi connectivity index (χ1) is 9.16. The van der Waals surface area contributed by atoms with Crippen LogP contribution >= 0.6 is 11.3 Å². The third-order valence-electron chi connectivity index (χ3n) is 4.40. The van der Waals surface area contributed by atoms with Crippen LogP contribution in [0.1, 0.15) is 43.0 Å². The van der Waals surface area contributed by atoms with Crippen LogP contribution < -0.4 is 5.32 Å². The molecule has 0 saturated heterocycles. The summed E-state index contributed by atoms with van der Waals surface area (Å²) in [5.41, 5.74) is 1.33. The van der Waals surface area contributed by atoms with Gasteiger partial charge in [0.2, 0.25) is 0 Å². The van der Waals surface area contributed by atoms with Gasteiger partial charge in [0.15, 0.2) is 0 Å². The number of aryl methyl sites for hydroxylation is 2. The quantitative estimate of drug-likeness (QED) is 0.888. The minimum atomic E-state index is 0.562. The maximum Gasteiger partial charge on any atom is 0.138 e. The molecular formula is C15H21N3S. The Hall–Kier alpha value is -1.16. The Morgan fingerprint density at radius 2 is 2.00 bits per heavy atom. The Morgan fingerprint density at radius 1 is 1.21 bits per heavy atom. The van der Waals surface area contributed by atoms with Gasteiger partial charge in [-0.2, -0.15) is 0 Å². The average Bonchev–Trinajstić information content (AvgIpc) is 2.69. The number of thiophene rings is 1. The Kier molecular flexibility index (Phi) is 3.44. The van der Waals surface area contributed by atoms with E-state index in [-0.39, 0.29) is 0 Å². The van der Waals surface area contributed by atoms with Crippen molar-refractivity contribution in [2.45, 2.75) is 52.5 Å². The Balaban J connectivity index is 1.96. The fourth-order valence-electron chi connectivity index (χ4n) is 3.00. The lowest BCUT2D eigenvalue weighted by Crippen LogP contribution is -2.30. The lowest BCUT2D eigenvalue weighted by Gasteiger charge is -2.30. The summed E-state index contributed by atoms with van der Waals surface area (Å²) in [6.07, 6.45) is 6.98. The molecule has 0 spiro atoms. The summed E-state index contributed by atoms with van der Waals surface area (Å²) in [6.45, 7) is 6.68. The van der Waals surface area contributed by atoms with E-state index in [2.05, 4.69) is 36.1 Å². The molecule has 1 fully saturated rings. The maximum absolute atomic E-state index is 4.49. The molecule has 102 valence electrons. The van der Waals surface area contributed by atoms with E-state index in [1.807, 2.05) is 0 Å². The van der Waals surface area contributed by atoms with Gasteiger partial charge in [-0.1, -0.05) is 19.8 Å². The van der Waals surface area contributed by atoms with Crippen LogP contribution in [-0.2, 0) is 0 Å². The van der Waals surface area contributed by atoms with Crippen molar-refractivity contribution in [3.05, 3.63) is 16.8 Å². The van der Waals surface area contributed by atoms with E-state index in [1.54, 1.807) is 17.7 Å². The maximum atomic E-state index is 4.49. The first-order valence-corrected chi connectivity index (χ1v) is 7.95. The SMILES string of the molecule is Cc1sc2ncnc(N[C@@H]3CCCC[C@@H]3C)c2c1C. The molecule has 1 saturated carbocycles. The topological polar surface area (TPSA) is 37.8 Å². The minimum Gasteiger partial charge on any atom is -0.366 e. The Morgan fingerprint density at radius 3 is 2.79 bits per heavy atom. The number of hydrogen-bond acceptors (Lipinski definition) is 4. The second-order valence-electron chi connectivity index (χ2n) is 5.70. The average molecular weight is 275 g/mol. The smallest absolute Gasteiger partial charge is 0.138 e. The van der Waals surface area contributed by atoms with E-state index in [1.165, 1.54) is 41.5 Å². The molecule has 3 nitrogen and oxygen atoms in total. The van der Waals surface area contributed by atoms with Gasteiger partial charge < -0.3 is 5.32 Å². The highest BCUT2D eigenvalue weighted by atomic mass is 32.1. The van der Waals surface area contributed by atoms with Gasteiger partial charge in [-0.25, -0.2) is 9.97 Å². The largest absolute Gasteiger partial charge is 0.366 e. The molecule has 2 aromatic heterocycles. The molecule has 0 radical (unpaired) electrons. The molecule has 0 unspecified atom stereocenters. The van der Waals surface area contributed by atoms with Gasteiger partial charge in [0, 0.05) is 10.9 Å². The van der Waals surface area contributed by atoms with E-state index in [4.69, 9.17) is 0 Å². The fraction of sp³-hybridized carbons (Fsp3) is 0.600. The van der Waals surface area contributed by atoms with Crippen LogP contribution in [0.25, 0.3) is 10.2 Å². The van der Waals surface area contributed by atoms with E-state index in [0.717, 1.165) is 16.6 Å². The molecule has 1 aliphatic carbocycles. The van der Waals surface area contributed by atoms with Crippen LogP contribution in [0.5, 0.6) is 0 Å². The van der Waals surface area contributed by atoms with Gasteiger partial charge in [0.1, 0.15) is 17.0 Å². The monoisotopic (exact) mass is 275 g/mol. The van der Waals surface area contributed by atoms with Gasteiger partial charge in [0.05, 0.1) is 5.39 Å². The lowest BCUT2D eigenvalue weighted by atomic mass is 9.86.